The second-order valence-corrected chi connectivity index (χ2v) is 5.46. The first kappa shape index (κ1) is 15.2. The van der Waals surface area contributed by atoms with Crippen LogP contribution in [0, 0.1) is 0 Å². The molecule has 0 aliphatic carbocycles. The fraction of sp³-hybridized carbons (Fsp3) is 0.250. The molecule has 2 aromatic rings. The summed E-state index contributed by atoms with van der Waals surface area (Å²) in [4.78, 5) is 0. The molecule has 0 saturated carbocycles. The van der Waals surface area contributed by atoms with E-state index in [1.807, 2.05) is 24.3 Å². The topological polar surface area (TPSA) is 21.3 Å². The number of halogens is 2. The van der Waals surface area contributed by atoms with Crippen molar-refractivity contribution in [2.45, 2.75) is 19.5 Å². The Morgan fingerprint density at radius 1 is 1.10 bits per heavy atom. The van der Waals surface area contributed by atoms with Gasteiger partial charge in [0.2, 0.25) is 0 Å². The number of methoxy groups -OCH3 is 1. The summed E-state index contributed by atoms with van der Waals surface area (Å²) in [5, 5.41) is 4.79. The summed E-state index contributed by atoms with van der Waals surface area (Å²) in [6.07, 6.45) is 0. The van der Waals surface area contributed by atoms with Crippen LogP contribution < -0.4 is 10.1 Å². The van der Waals surface area contributed by atoms with Crippen LogP contribution >= 0.6 is 23.2 Å². The Labute approximate surface area is 129 Å². The van der Waals surface area contributed by atoms with Gasteiger partial charge in [-0.25, -0.2) is 0 Å². The molecule has 0 radical (unpaired) electrons. The van der Waals surface area contributed by atoms with Gasteiger partial charge in [0.1, 0.15) is 5.75 Å². The van der Waals surface area contributed by atoms with Crippen LogP contribution in [-0.2, 0) is 6.54 Å². The van der Waals surface area contributed by atoms with Crippen molar-refractivity contribution in [3.05, 3.63) is 63.6 Å². The third kappa shape index (κ3) is 3.89. The lowest BCUT2D eigenvalue weighted by Crippen LogP contribution is -2.18. The highest BCUT2D eigenvalue weighted by Gasteiger charge is 2.07. The minimum Gasteiger partial charge on any atom is -0.497 e. The number of hydrogen-bond acceptors (Lipinski definition) is 2. The van der Waals surface area contributed by atoms with Crippen LogP contribution in [0.25, 0.3) is 0 Å². The molecule has 0 saturated heterocycles. The number of ether oxygens (including phenoxy) is 1. The molecule has 2 rings (SSSR count). The Bertz CT molecular complexity index is 569. The third-order valence-corrected chi connectivity index (χ3v) is 3.82. The van der Waals surface area contributed by atoms with Gasteiger partial charge in [-0.05, 0) is 42.3 Å². The minimum absolute atomic E-state index is 0.229. The summed E-state index contributed by atoms with van der Waals surface area (Å²) in [6.45, 7) is 2.81. The molecular formula is C16H17Cl2NO. The standard InChI is InChI=1S/C16H17Cl2NO/c1-11(12-4-7-15(20-2)8-5-12)19-10-13-3-6-14(17)9-16(13)18/h3-9,11,19H,10H2,1-2H3. The van der Waals surface area contributed by atoms with Crippen molar-refractivity contribution in [2.75, 3.05) is 7.11 Å². The summed E-state index contributed by atoms with van der Waals surface area (Å²) in [6, 6.07) is 13.8. The lowest BCUT2D eigenvalue weighted by Gasteiger charge is -2.15. The predicted molar refractivity (Wildman–Crippen MR) is 84.7 cm³/mol. The molecule has 0 fully saturated rings. The highest BCUT2D eigenvalue weighted by molar-refractivity contribution is 6.35. The molecule has 2 aromatic carbocycles. The molecule has 2 nitrogen and oxygen atoms in total. The second-order valence-electron chi connectivity index (χ2n) is 4.61. The predicted octanol–water partition coefficient (Wildman–Crippen LogP) is 4.85. The van der Waals surface area contributed by atoms with E-state index in [1.54, 1.807) is 13.2 Å². The van der Waals surface area contributed by atoms with Gasteiger partial charge in [0.25, 0.3) is 0 Å². The van der Waals surface area contributed by atoms with Crippen molar-refractivity contribution >= 4 is 23.2 Å². The molecule has 0 bridgehead atoms. The zero-order chi connectivity index (χ0) is 14.5. The molecule has 0 heterocycles. The molecular weight excluding hydrogens is 293 g/mol. The maximum Gasteiger partial charge on any atom is 0.118 e. The third-order valence-electron chi connectivity index (χ3n) is 3.23. The summed E-state index contributed by atoms with van der Waals surface area (Å²) in [7, 11) is 1.67. The van der Waals surface area contributed by atoms with E-state index in [0.29, 0.717) is 16.6 Å². The van der Waals surface area contributed by atoms with Crippen molar-refractivity contribution in [3.8, 4) is 5.75 Å². The lowest BCUT2D eigenvalue weighted by atomic mass is 10.1. The Morgan fingerprint density at radius 2 is 1.80 bits per heavy atom. The van der Waals surface area contributed by atoms with Crippen LogP contribution in [-0.4, -0.2) is 7.11 Å². The average molecular weight is 310 g/mol. The highest BCUT2D eigenvalue weighted by atomic mass is 35.5. The van der Waals surface area contributed by atoms with Crippen molar-refractivity contribution in [2.24, 2.45) is 0 Å². The van der Waals surface area contributed by atoms with Crippen molar-refractivity contribution < 1.29 is 4.74 Å². The Morgan fingerprint density at radius 3 is 2.40 bits per heavy atom. The summed E-state index contributed by atoms with van der Waals surface area (Å²) in [5.74, 6) is 0.863. The molecule has 4 heteroatoms. The first-order valence-electron chi connectivity index (χ1n) is 6.41. The van der Waals surface area contributed by atoms with Crippen molar-refractivity contribution in [3.63, 3.8) is 0 Å². The maximum absolute atomic E-state index is 6.16. The normalized spacial score (nSPS) is 12.2. The van der Waals surface area contributed by atoms with Gasteiger partial charge < -0.3 is 10.1 Å². The van der Waals surface area contributed by atoms with Crippen LogP contribution in [0.3, 0.4) is 0 Å². The molecule has 0 spiro atoms. The van der Waals surface area contributed by atoms with E-state index in [1.165, 1.54) is 5.56 Å². The Kier molecular flexibility index (Phi) is 5.30. The Hall–Kier alpha value is -1.22. The van der Waals surface area contributed by atoms with Crippen LogP contribution in [0.5, 0.6) is 5.75 Å². The number of rotatable bonds is 5. The average Bonchev–Trinajstić information content (AvgIpc) is 2.46. The SMILES string of the molecule is COc1ccc(C(C)NCc2ccc(Cl)cc2Cl)cc1. The summed E-state index contributed by atoms with van der Waals surface area (Å²) < 4.78 is 5.15. The van der Waals surface area contributed by atoms with Gasteiger partial charge in [-0.3, -0.25) is 0 Å². The molecule has 1 atom stereocenters. The molecule has 1 N–H and O–H groups in total. The molecule has 0 aromatic heterocycles. The lowest BCUT2D eigenvalue weighted by molar-refractivity contribution is 0.414. The first-order valence-corrected chi connectivity index (χ1v) is 7.17. The van der Waals surface area contributed by atoms with Gasteiger partial charge >= 0.3 is 0 Å². The van der Waals surface area contributed by atoms with E-state index < -0.39 is 0 Å². The monoisotopic (exact) mass is 309 g/mol. The second kappa shape index (κ2) is 6.98. The molecule has 0 aliphatic rings. The van der Waals surface area contributed by atoms with E-state index in [9.17, 15) is 0 Å². The van der Waals surface area contributed by atoms with E-state index in [0.717, 1.165) is 11.3 Å². The summed E-state index contributed by atoms with van der Waals surface area (Å²) in [5.41, 5.74) is 2.24. The fourth-order valence-corrected chi connectivity index (χ4v) is 2.41. The van der Waals surface area contributed by atoms with Crippen LogP contribution in [0.4, 0.5) is 0 Å². The molecule has 0 amide bonds. The first-order chi connectivity index (χ1) is 9.60. The van der Waals surface area contributed by atoms with Crippen LogP contribution in [0.2, 0.25) is 10.0 Å². The van der Waals surface area contributed by atoms with Gasteiger partial charge in [0, 0.05) is 22.6 Å². The zero-order valence-corrected chi connectivity index (χ0v) is 13.0. The number of benzene rings is 2. The quantitative estimate of drug-likeness (QED) is 0.852. The largest absolute Gasteiger partial charge is 0.497 e. The van der Waals surface area contributed by atoms with Crippen molar-refractivity contribution in [1.82, 2.24) is 5.32 Å². The van der Waals surface area contributed by atoms with Crippen molar-refractivity contribution in [1.29, 1.82) is 0 Å². The van der Waals surface area contributed by atoms with Crippen LogP contribution in [0.15, 0.2) is 42.5 Å². The van der Waals surface area contributed by atoms with Crippen LogP contribution in [0.1, 0.15) is 24.1 Å². The van der Waals surface area contributed by atoms with Gasteiger partial charge in [0.05, 0.1) is 7.11 Å². The van der Waals surface area contributed by atoms with Gasteiger partial charge in [0.15, 0.2) is 0 Å². The molecule has 0 aliphatic heterocycles. The smallest absolute Gasteiger partial charge is 0.118 e. The van der Waals surface area contributed by atoms with Gasteiger partial charge in [-0.15, -0.1) is 0 Å². The zero-order valence-electron chi connectivity index (χ0n) is 11.5. The van der Waals surface area contributed by atoms with E-state index in [2.05, 4.69) is 24.4 Å². The molecule has 1 unspecified atom stereocenters. The van der Waals surface area contributed by atoms with E-state index >= 15 is 0 Å². The molecule has 106 valence electrons. The highest BCUT2D eigenvalue weighted by Crippen LogP contribution is 2.22. The van der Waals surface area contributed by atoms with E-state index in [4.69, 9.17) is 27.9 Å². The number of nitrogens with one attached hydrogen (secondary N) is 1. The minimum atomic E-state index is 0.229. The van der Waals surface area contributed by atoms with E-state index in [-0.39, 0.29) is 6.04 Å². The molecule has 20 heavy (non-hydrogen) atoms. The fourth-order valence-electron chi connectivity index (χ4n) is 1.94. The van der Waals surface area contributed by atoms with Gasteiger partial charge in [-0.1, -0.05) is 41.4 Å². The number of hydrogen-bond donors (Lipinski definition) is 1. The maximum atomic E-state index is 6.16. The van der Waals surface area contributed by atoms with Gasteiger partial charge in [-0.2, -0.15) is 0 Å². The Balaban J connectivity index is 1.98. The summed E-state index contributed by atoms with van der Waals surface area (Å²) >= 11 is 12.0.